The summed E-state index contributed by atoms with van der Waals surface area (Å²) in [4.78, 5) is 10.6. The summed E-state index contributed by atoms with van der Waals surface area (Å²) >= 11 is 6.89. The third kappa shape index (κ3) is 4.65. The number of amides is 1. The first-order chi connectivity index (χ1) is 8.04. The summed E-state index contributed by atoms with van der Waals surface area (Å²) in [6.45, 7) is 3.28. The van der Waals surface area contributed by atoms with Crippen molar-refractivity contribution < 1.29 is 9.53 Å². The van der Waals surface area contributed by atoms with E-state index in [9.17, 15) is 4.79 Å². The van der Waals surface area contributed by atoms with Gasteiger partial charge in [0.1, 0.15) is 5.75 Å². The predicted octanol–water partition coefficient (Wildman–Crippen LogP) is 2.19. The van der Waals surface area contributed by atoms with E-state index in [4.69, 9.17) is 10.5 Å². The fraction of sp³-hybridized carbons (Fsp3) is 0.364. The molecule has 1 aromatic carbocycles. The zero-order valence-corrected chi connectivity index (χ0v) is 12.6. The zero-order valence-electron chi connectivity index (χ0n) is 9.43. The Balaban J connectivity index is 2.72. The number of ether oxygens (including phenoxy) is 1. The Labute approximate surface area is 117 Å². The van der Waals surface area contributed by atoms with Crippen molar-refractivity contribution in [3.8, 4) is 5.75 Å². The van der Waals surface area contributed by atoms with Gasteiger partial charge >= 0.3 is 0 Å². The molecule has 17 heavy (non-hydrogen) atoms. The van der Waals surface area contributed by atoms with Crippen LogP contribution in [0, 0.1) is 0 Å². The summed E-state index contributed by atoms with van der Waals surface area (Å²) in [6, 6.07) is 3.90. The second-order valence-corrected chi connectivity index (χ2v) is 5.10. The number of hydrogen-bond donors (Lipinski definition) is 2. The highest BCUT2D eigenvalue weighted by Gasteiger charge is 2.08. The molecule has 0 bridgehead atoms. The number of halogens is 2. The Morgan fingerprint density at radius 3 is 2.47 bits per heavy atom. The molecule has 94 valence electrons. The van der Waals surface area contributed by atoms with Crippen molar-refractivity contribution in [3.05, 3.63) is 26.6 Å². The Kier molecular flexibility index (Phi) is 5.94. The largest absolute Gasteiger partial charge is 0.492 e. The number of primary amides is 1. The highest BCUT2D eigenvalue weighted by Crippen LogP contribution is 2.34. The lowest BCUT2D eigenvalue weighted by Gasteiger charge is -2.11. The molecule has 1 aromatic rings. The molecule has 0 aliphatic heterocycles. The summed E-state index contributed by atoms with van der Waals surface area (Å²) in [7, 11) is 0. The van der Waals surface area contributed by atoms with Crippen LogP contribution in [-0.4, -0.2) is 19.1 Å². The lowest BCUT2D eigenvalue weighted by Crippen LogP contribution is -2.28. The van der Waals surface area contributed by atoms with Crippen LogP contribution in [0.5, 0.6) is 5.75 Å². The van der Waals surface area contributed by atoms with Crippen molar-refractivity contribution in [2.24, 2.45) is 5.73 Å². The van der Waals surface area contributed by atoms with Crippen LogP contribution in [-0.2, 0) is 11.3 Å². The predicted molar refractivity (Wildman–Crippen MR) is 73.9 cm³/mol. The molecule has 0 aliphatic carbocycles. The molecule has 0 radical (unpaired) electrons. The van der Waals surface area contributed by atoms with Crippen molar-refractivity contribution >= 4 is 37.8 Å². The van der Waals surface area contributed by atoms with E-state index in [0.29, 0.717) is 13.2 Å². The van der Waals surface area contributed by atoms with E-state index in [1.54, 1.807) is 0 Å². The van der Waals surface area contributed by atoms with Gasteiger partial charge in [0.2, 0.25) is 5.91 Å². The average Bonchev–Trinajstić information content (AvgIpc) is 2.23. The fourth-order valence-electron chi connectivity index (χ4n) is 1.33. The molecule has 0 unspecified atom stereocenters. The molecule has 1 rings (SSSR count). The number of carbonyl (C=O) groups excluding carboxylic acids is 1. The van der Waals surface area contributed by atoms with Gasteiger partial charge < -0.3 is 15.8 Å². The number of benzene rings is 1. The van der Waals surface area contributed by atoms with E-state index in [0.717, 1.165) is 20.3 Å². The van der Waals surface area contributed by atoms with E-state index in [2.05, 4.69) is 37.2 Å². The van der Waals surface area contributed by atoms with Gasteiger partial charge in [0, 0.05) is 6.54 Å². The molecule has 0 saturated heterocycles. The standard InChI is InChI=1S/C11H14Br2N2O2/c1-2-17-11-8(12)3-7(4-9(11)13)5-15-6-10(14)16/h3-4,15H,2,5-6H2,1H3,(H2,14,16). The Morgan fingerprint density at radius 2 is 2.00 bits per heavy atom. The maximum Gasteiger partial charge on any atom is 0.231 e. The average molecular weight is 366 g/mol. The SMILES string of the molecule is CCOc1c(Br)cc(CNCC(N)=O)cc1Br. The normalized spacial score (nSPS) is 10.3. The lowest BCUT2D eigenvalue weighted by atomic mass is 10.2. The van der Waals surface area contributed by atoms with Crippen LogP contribution in [0.2, 0.25) is 0 Å². The van der Waals surface area contributed by atoms with Crippen molar-refractivity contribution in [2.75, 3.05) is 13.2 Å². The molecular formula is C11H14Br2N2O2. The van der Waals surface area contributed by atoms with Crippen LogP contribution < -0.4 is 15.8 Å². The second kappa shape index (κ2) is 6.98. The minimum absolute atomic E-state index is 0.169. The minimum Gasteiger partial charge on any atom is -0.492 e. The van der Waals surface area contributed by atoms with Crippen LogP contribution >= 0.6 is 31.9 Å². The van der Waals surface area contributed by atoms with Gasteiger partial charge in [-0.15, -0.1) is 0 Å². The van der Waals surface area contributed by atoms with Gasteiger partial charge in [-0.05, 0) is 56.5 Å². The monoisotopic (exact) mass is 364 g/mol. The molecule has 0 heterocycles. The van der Waals surface area contributed by atoms with Gasteiger partial charge in [-0.3, -0.25) is 4.79 Å². The molecule has 0 atom stereocenters. The molecule has 6 heteroatoms. The van der Waals surface area contributed by atoms with Crippen LogP contribution in [0.1, 0.15) is 12.5 Å². The lowest BCUT2D eigenvalue weighted by molar-refractivity contribution is -0.117. The van der Waals surface area contributed by atoms with Gasteiger partial charge in [-0.1, -0.05) is 0 Å². The fourth-order valence-corrected chi connectivity index (χ4v) is 2.84. The highest BCUT2D eigenvalue weighted by atomic mass is 79.9. The third-order valence-corrected chi connectivity index (χ3v) is 3.15. The van der Waals surface area contributed by atoms with Crippen molar-refractivity contribution in [3.63, 3.8) is 0 Å². The minimum atomic E-state index is -0.367. The van der Waals surface area contributed by atoms with E-state index >= 15 is 0 Å². The molecule has 0 spiro atoms. The van der Waals surface area contributed by atoms with Gasteiger partial charge in [0.15, 0.2) is 0 Å². The quantitative estimate of drug-likeness (QED) is 0.812. The number of nitrogens with one attached hydrogen (secondary N) is 1. The molecule has 0 fully saturated rings. The first-order valence-corrected chi connectivity index (χ1v) is 6.73. The van der Waals surface area contributed by atoms with E-state index in [1.807, 2.05) is 19.1 Å². The van der Waals surface area contributed by atoms with Crippen LogP contribution in [0.3, 0.4) is 0 Å². The summed E-state index contributed by atoms with van der Waals surface area (Å²) in [5.74, 6) is 0.417. The van der Waals surface area contributed by atoms with Crippen LogP contribution in [0.25, 0.3) is 0 Å². The second-order valence-electron chi connectivity index (χ2n) is 3.39. The number of nitrogens with two attached hydrogens (primary N) is 1. The maximum absolute atomic E-state index is 10.6. The number of carbonyl (C=O) groups is 1. The van der Waals surface area contributed by atoms with Crippen molar-refractivity contribution in [1.82, 2.24) is 5.32 Å². The topological polar surface area (TPSA) is 64.3 Å². The molecule has 4 nitrogen and oxygen atoms in total. The molecule has 1 amide bonds. The van der Waals surface area contributed by atoms with E-state index in [1.165, 1.54) is 0 Å². The third-order valence-electron chi connectivity index (χ3n) is 1.98. The Bertz CT molecular complexity index is 387. The smallest absolute Gasteiger partial charge is 0.231 e. The first kappa shape index (κ1) is 14.5. The molecule has 0 aliphatic rings. The van der Waals surface area contributed by atoms with E-state index < -0.39 is 0 Å². The van der Waals surface area contributed by atoms with Gasteiger partial charge in [0.25, 0.3) is 0 Å². The number of rotatable bonds is 6. The van der Waals surface area contributed by atoms with Gasteiger partial charge in [0.05, 0.1) is 22.1 Å². The molecule has 0 saturated carbocycles. The maximum atomic E-state index is 10.6. The zero-order chi connectivity index (χ0) is 12.8. The summed E-state index contributed by atoms with van der Waals surface area (Å²) in [6.07, 6.45) is 0. The Hall–Kier alpha value is -0.590. The summed E-state index contributed by atoms with van der Waals surface area (Å²) < 4.78 is 7.24. The van der Waals surface area contributed by atoms with E-state index in [-0.39, 0.29) is 12.5 Å². The Morgan fingerprint density at radius 1 is 1.41 bits per heavy atom. The molecule has 0 aromatic heterocycles. The van der Waals surface area contributed by atoms with Gasteiger partial charge in [-0.25, -0.2) is 0 Å². The summed E-state index contributed by atoms with van der Waals surface area (Å²) in [5.41, 5.74) is 6.08. The molecular weight excluding hydrogens is 352 g/mol. The summed E-state index contributed by atoms with van der Waals surface area (Å²) in [5, 5.41) is 2.95. The van der Waals surface area contributed by atoms with Crippen molar-refractivity contribution in [2.45, 2.75) is 13.5 Å². The van der Waals surface area contributed by atoms with Crippen LogP contribution in [0.15, 0.2) is 21.1 Å². The van der Waals surface area contributed by atoms with Crippen molar-refractivity contribution in [1.29, 1.82) is 0 Å². The molecule has 3 N–H and O–H groups in total. The first-order valence-electron chi connectivity index (χ1n) is 5.14. The number of hydrogen-bond acceptors (Lipinski definition) is 3. The van der Waals surface area contributed by atoms with Crippen LogP contribution in [0.4, 0.5) is 0 Å². The highest BCUT2D eigenvalue weighted by molar-refractivity contribution is 9.11. The van der Waals surface area contributed by atoms with Gasteiger partial charge in [-0.2, -0.15) is 0 Å².